The normalized spacial score (nSPS) is 10.5. The van der Waals surface area contributed by atoms with Crippen LogP contribution in [0.2, 0.25) is 0 Å². The van der Waals surface area contributed by atoms with Crippen LogP contribution in [-0.4, -0.2) is 29.3 Å². The third-order valence-electron chi connectivity index (χ3n) is 3.49. The average Bonchev–Trinajstić information content (AvgIpc) is 2.94. The van der Waals surface area contributed by atoms with E-state index in [4.69, 9.17) is 0 Å². The second-order valence-electron chi connectivity index (χ2n) is 5.13. The van der Waals surface area contributed by atoms with Crippen molar-refractivity contribution in [2.24, 2.45) is 0 Å². The standard InChI is InChI=1S/C17H20N2O3/c1-3-4-5-16-18-14(15(11-20)19-16)10-12-6-8-13(9-7-12)17(21)22-2/h6-9,11H,3-5,10H2,1-2H3,(H,18,19). The smallest absolute Gasteiger partial charge is 0.337 e. The summed E-state index contributed by atoms with van der Waals surface area (Å²) in [5.74, 6) is 0.492. The molecule has 0 bridgehead atoms. The van der Waals surface area contributed by atoms with Crippen molar-refractivity contribution >= 4 is 12.3 Å². The zero-order valence-electron chi connectivity index (χ0n) is 12.9. The molecule has 0 radical (unpaired) electrons. The van der Waals surface area contributed by atoms with Crippen LogP contribution >= 0.6 is 0 Å². The van der Waals surface area contributed by atoms with Gasteiger partial charge in [-0.05, 0) is 24.1 Å². The van der Waals surface area contributed by atoms with Crippen molar-refractivity contribution in [1.82, 2.24) is 9.97 Å². The summed E-state index contributed by atoms with van der Waals surface area (Å²) in [6.07, 6.45) is 4.33. The van der Waals surface area contributed by atoms with E-state index in [-0.39, 0.29) is 5.97 Å². The van der Waals surface area contributed by atoms with Crippen LogP contribution < -0.4 is 0 Å². The van der Waals surface area contributed by atoms with Crippen LogP contribution in [0.1, 0.15) is 57.7 Å². The van der Waals surface area contributed by atoms with E-state index in [9.17, 15) is 9.59 Å². The van der Waals surface area contributed by atoms with Gasteiger partial charge in [0, 0.05) is 12.8 Å². The molecule has 2 aromatic rings. The van der Waals surface area contributed by atoms with Gasteiger partial charge in [0.1, 0.15) is 11.5 Å². The number of esters is 1. The molecule has 0 unspecified atom stereocenters. The minimum absolute atomic E-state index is 0.359. The molecule has 0 spiro atoms. The summed E-state index contributed by atoms with van der Waals surface area (Å²) in [6, 6.07) is 7.13. The Bertz CT molecular complexity index is 644. The number of aryl methyl sites for hydroxylation is 1. The molecule has 1 N–H and O–H groups in total. The van der Waals surface area contributed by atoms with Crippen molar-refractivity contribution in [1.29, 1.82) is 0 Å². The number of benzene rings is 1. The lowest BCUT2D eigenvalue weighted by Crippen LogP contribution is -2.01. The lowest BCUT2D eigenvalue weighted by atomic mass is 10.1. The maximum Gasteiger partial charge on any atom is 0.337 e. The van der Waals surface area contributed by atoms with Crippen LogP contribution in [-0.2, 0) is 17.6 Å². The largest absolute Gasteiger partial charge is 0.465 e. The van der Waals surface area contributed by atoms with Crippen molar-refractivity contribution in [2.75, 3.05) is 7.11 Å². The Balaban J connectivity index is 2.14. The molecule has 1 aromatic carbocycles. The first kappa shape index (κ1) is 15.9. The molecule has 0 saturated carbocycles. The number of carbonyl (C=O) groups is 2. The number of H-pyrrole nitrogens is 1. The summed E-state index contributed by atoms with van der Waals surface area (Å²) in [5.41, 5.74) is 2.77. The Morgan fingerprint density at radius 3 is 2.64 bits per heavy atom. The molecule has 22 heavy (non-hydrogen) atoms. The van der Waals surface area contributed by atoms with Gasteiger partial charge < -0.3 is 9.72 Å². The highest BCUT2D eigenvalue weighted by atomic mass is 16.5. The zero-order chi connectivity index (χ0) is 15.9. The van der Waals surface area contributed by atoms with E-state index in [1.807, 2.05) is 12.1 Å². The topological polar surface area (TPSA) is 72.0 Å². The predicted octanol–water partition coefficient (Wildman–Crippen LogP) is 2.94. The first-order chi connectivity index (χ1) is 10.7. The first-order valence-electron chi connectivity index (χ1n) is 7.38. The third kappa shape index (κ3) is 3.81. The number of nitrogens with zero attached hydrogens (tertiary/aromatic N) is 1. The molecule has 0 aliphatic heterocycles. The van der Waals surface area contributed by atoms with Crippen molar-refractivity contribution in [2.45, 2.75) is 32.6 Å². The Morgan fingerprint density at radius 1 is 1.32 bits per heavy atom. The average molecular weight is 300 g/mol. The molecule has 0 aliphatic carbocycles. The quantitative estimate of drug-likeness (QED) is 0.630. The monoisotopic (exact) mass is 300 g/mol. The van der Waals surface area contributed by atoms with Gasteiger partial charge in [-0.2, -0.15) is 0 Å². The fraction of sp³-hybridized carbons (Fsp3) is 0.353. The summed E-state index contributed by atoms with van der Waals surface area (Å²) in [6.45, 7) is 2.12. The number of rotatable bonds is 7. The van der Waals surface area contributed by atoms with Gasteiger partial charge >= 0.3 is 5.97 Å². The van der Waals surface area contributed by atoms with Crippen LogP contribution in [0.25, 0.3) is 0 Å². The number of methoxy groups -OCH3 is 1. The Hall–Kier alpha value is -2.43. The molecule has 2 rings (SSSR count). The van der Waals surface area contributed by atoms with Crippen LogP contribution in [0.5, 0.6) is 0 Å². The molecule has 0 saturated heterocycles. The maximum atomic E-state index is 11.4. The highest BCUT2D eigenvalue weighted by molar-refractivity contribution is 5.89. The van der Waals surface area contributed by atoms with E-state index < -0.39 is 0 Å². The maximum absolute atomic E-state index is 11.4. The number of aromatic nitrogens is 2. The van der Waals surface area contributed by atoms with Crippen molar-refractivity contribution in [3.8, 4) is 0 Å². The number of hydrogen-bond acceptors (Lipinski definition) is 4. The fourth-order valence-corrected chi connectivity index (χ4v) is 2.24. The number of hydrogen-bond donors (Lipinski definition) is 1. The lowest BCUT2D eigenvalue weighted by Gasteiger charge is -2.02. The number of imidazole rings is 1. The molecule has 1 aromatic heterocycles. The fourth-order valence-electron chi connectivity index (χ4n) is 2.24. The SMILES string of the molecule is CCCCc1nc(Cc2ccc(C(=O)OC)cc2)c(C=O)[nH]1. The molecule has 5 heteroatoms. The minimum Gasteiger partial charge on any atom is -0.465 e. The third-order valence-corrected chi connectivity index (χ3v) is 3.49. The Labute approximate surface area is 129 Å². The van der Waals surface area contributed by atoms with Gasteiger partial charge in [0.05, 0.1) is 18.4 Å². The molecular weight excluding hydrogens is 280 g/mol. The van der Waals surface area contributed by atoms with Gasteiger partial charge in [0.25, 0.3) is 0 Å². The van der Waals surface area contributed by atoms with Gasteiger partial charge in [-0.1, -0.05) is 25.5 Å². The molecule has 0 fully saturated rings. The molecule has 5 nitrogen and oxygen atoms in total. The van der Waals surface area contributed by atoms with E-state index in [2.05, 4.69) is 21.6 Å². The molecule has 0 amide bonds. The molecule has 0 aliphatic rings. The van der Waals surface area contributed by atoms with Gasteiger partial charge in [-0.3, -0.25) is 4.79 Å². The van der Waals surface area contributed by atoms with Gasteiger partial charge in [0.2, 0.25) is 0 Å². The summed E-state index contributed by atoms with van der Waals surface area (Å²) < 4.78 is 4.67. The Morgan fingerprint density at radius 2 is 2.05 bits per heavy atom. The molecule has 116 valence electrons. The van der Waals surface area contributed by atoms with Crippen LogP contribution in [0.4, 0.5) is 0 Å². The highest BCUT2D eigenvalue weighted by Crippen LogP contribution is 2.14. The predicted molar refractivity (Wildman–Crippen MR) is 83.2 cm³/mol. The number of unbranched alkanes of at least 4 members (excludes halogenated alkanes) is 1. The highest BCUT2D eigenvalue weighted by Gasteiger charge is 2.11. The number of ether oxygens (including phenoxy) is 1. The number of aromatic amines is 1. The molecular formula is C17H20N2O3. The second kappa shape index (κ2) is 7.54. The van der Waals surface area contributed by atoms with Crippen LogP contribution in [0, 0.1) is 0 Å². The summed E-state index contributed by atoms with van der Waals surface area (Å²) in [7, 11) is 1.36. The van der Waals surface area contributed by atoms with Gasteiger partial charge in [-0.25, -0.2) is 9.78 Å². The molecule has 0 atom stereocenters. The van der Waals surface area contributed by atoms with Crippen molar-refractivity contribution < 1.29 is 14.3 Å². The van der Waals surface area contributed by atoms with E-state index >= 15 is 0 Å². The summed E-state index contributed by atoms with van der Waals surface area (Å²) in [4.78, 5) is 30.1. The van der Waals surface area contributed by atoms with Crippen LogP contribution in [0.15, 0.2) is 24.3 Å². The summed E-state index contributed by atoms with van der Waals surface area (Å²) in [5, 5.41) is 0. The lowest BCUT2D eigenvalue weighted by molar-refractivity contribution is 0.0600. The number of aldehydes is 1. The van der Waals surface area contributed by atoms with Gasteiger partial charge in [-0.15, -0.1) is 0 Å². The minimum atomic E-state index is -0.359. The van der Waals surface area contributed by atoms with E-state index in [0.29, 0.717) is 17.7 Å². The zero-order valence-corrected chi connectivity index (χ0v) is 12.9. The molecule has 1 heterocycles. The van der Waals surface area contributed by atoms with Crippen LogP contribution in [0.3, 0.4) is 0 Å². The summed E-state index contributed by atoms with van der Waals surface area (Å²) >= 11 is 0. The second-order valence-corrected chi connectivity index (χ2v) is 5.13. The van der Waals surface area contributed by atoms with E-state index in [1.165, 1.54) is 7.11 Å². The van der Waals surface area contributed by atoms with Gasteiger partial charge in [0.15, 0.2) is 6.29 Å². The number of nitrogens with one attached hydrogen (secondary N) is 1. The first-order valence-corrected chi connectivity index (χ1v) is 7.38. The van der Waals surface area contributed by atoms with E-state index in [1.54, 1.807) is 12.1 Å². The Kier molecular flexibility index (Phi) is 5.47. The van der Waals surface area contributed by atoms with Crippen molar-refractivity contribution in [3.05, 3.63) is 52.6 Å². The van der Waals surface area contributed by atoms with Crippen molar-refractivity contribution in [3.63, 3.8) is 0 Å². The van der Waals surface area contributed by atoms with E-state index in [0.717, 1.165) is 42.6 Å². The number of carbonyl (C=O) groups excluding carboxylic acids is 2.